The van der Waals surface area contributed by atoms with Gasteiger partial charge < -0.3 is 0 Å². The van der Waals surface area contributed by atoms with Gasteiger partial charge in [-0.2, -0.15) is 0 Å². The molecule has 0 amide bonds. The fourth-order valence-corrected chi connectivity index (χ4v) is 2.45. The molecular weight excluding hydrogens is 192 g/mol. The van der Waals surface area contributed by atoms with Crippen LogP contribution < -0.4 is 0 Å². The summed E-state index contributed by atoms with van der Waals surface area (Å²) in [4.78, 5) is 0. The van der Waals surface area contributed by atoms with Crippen LogP contribution in [0.15, 0.2) is 11.6 Å². The molecule has 1 unspecified atom stereocenters. The Balaban J connectivity index is 2.05. The fourth-order valence-electron chi connectivity index (χ4n) is 2.45. The first-order valence-electron chi connectivity index (χ1n) is 7.41. The van der Waals surface area contributed by atoms with Gasteiger partial charge in [0.1, 0.15) is 0 Å². The first kappa shape index (κ1) is 13.8. The standard InChI is InChI=1S/C16H30/c1-4-7-15(5-2)9-6-8-14(3)10-11-16-12-13-16/h10,15-16H,4-9,11-13H2,1-3H3/b14-10-. The second kappa shape index (κ2) is 7.92. The molecule has 16 heavy (non-hydrogen) atoms. The van der Waals surface area contributed by atoms with Gasteiger partial charge in [-0.05, 0) is 50.9 Å². The van der Waals surface area contributed by atoms with Crippen LogP contribution in [0.25, 0.3) is 0 Å². The van der Waals surface area contributed by atoms with E-state index >= 15 is 0 Å². The quantitative estimate of drug-likeness (QED) is 0.437. The average molecular weight is 222 g/mol. The number of rotatable bonds is 9. The minimum atomic E-state index is 0.987. The summed E-state index contributed by atoms with van der Waals surface area (Å²) < 4.78 is 0. The van der Waals surface area contributed by atoms with E-state index in [1.54, 1.807) is 5.57 Å². The monoisotopic (exact) mass is 222 g/mol. The van der Waals surface area contributed by atoms with Gasteiger partial charge in [0.05, 0.1) is 0 Å². The summed E-state index contributed by atoms with van der Waals surface area (Å²) in [6.45, 7) is 6.97. The molecule has 0 aromatic heterocycles. The van der Waals surface area contributed by atoms with Crippen molar-refractivity contribution >= 4 is 0 Å². The molecule has 94 valence electrons. The van der Waals surface area contributed by atoms with Crippen LogP contribution in [0.4, 0.5) is 0 Å². The Morgan fingerprint density at radius 3 is 2.56 bits per heavy atom. The Bertz CT molecular complexity index is 198. The lowest BCUT2D eigenvalue weighted by molar-refractivity contribution is 0.419. The Morgan fingerprint density at radius 1 is 1.25 bits per heavy atom. The van der Waals surface area contributed by atoms with Crippen molar-refractivity contribution in [1.29, 1.82) is 0 Å². The van der Waals surface area contributed by atoms with Crippen LogP contribution >= 0.6 is 0 Å². The largest absolute Gasteiger partial charge is 0.0853 e. The lowest BCUT2D eigenvalue weighted by Crippen LogP contribution is -1.98. The van der Waals surface area contributed by atoms with Crippen LogP contribution in [0.3, 0.4) is 0 Å². The van der Waals surface area contributed by atoms with E-state index in [0.717, 1.165) is 11.8 Å². The molecule has 0 N–H and O–H groups in total. The van der Waals surface area contributed by atoms with Crippen molar-refractivity contribution in [2.75, 3.05) is 0 Å². The van der Waals surface area contributed by atoms with Crippen LogP contribution in [-0.2, 0) is 0 Å². The van der Waals surface area contributed by atoms with Crippen LogP contribution in [0.5, 0.6) is 0 Å². The molecule has 0 spiro atoms. The molecule has 0 heteroatoms. The first-order chi connectivity index (χ1) is 7.76. The second-order valence-corrected chi connectivity index (χ2v) is 5.68. The molecule has 0 heterocycles. The van der Waals surface area contributed by atoms with Crippen molar-refractivity contribution in [2.45, 2.75) is 78.6 Å². The Labute approximate surface area is 103 Å². The van der Waals surface area contributed by atoms with E-state index in [2.05, 4.69) is 26.8 Å². The molecule has 0 aromatic rings. The summed E-state index contributed by atoms with van der Waals surface area (Å²) in [6, 6.07) is 0. The maximum absolute atomic E-state index is 2.50. The first-order valence-corrected chi connectivity index (χ1v) is 7.41. The van der Waals surface area contributed by atoms with Crippen molar-refractivity contribution in [2.24, 2.45) is 11.8 Å². The molecule has 1 fully saturated rings. The molecule has 0 aromatic carbocycles. The maximum atomic E-state index is 2.50. The molecule has 0 bridgehead atoms. The number of allylic oxidation sites excluding steroid dienone is 2. The number of hydrogen-bond donors (Lipinski definition) is 0. The van der Waals surface area contributed by atoms with Crippen molar-refractivity contribution < 1.29 is 0 Å². The molecular formula is C16H30. The van der Waals surface area contributed by atoms with Crippen LogP contribution in [-0.4, -0.2) is 0 Å². The molecule has 0 saturated heterocycles. The third-order valence-corrected chi connectivity index (χ3v) is 3.95. The molecule has 0 nitrogen and oxygen atoms in total. The van der Waals surface area contributed by atoms with Crippen LogP contribution in [0, 0.1) is 11.8 Å². The average Bonchev–Trinajstić information content (AvgIpc) is 3.09. The molecule has 0 radical (unpaired) electrons. The summed E-state index contributed by atoms with van der Waals surface area (Å²) in [5.74, 6) is 2.04. The molecule has 1 rings (SSSR count). The highest BCUT2D eigenvalue weighted by molar-refractivity contribution is 5.00. The SMILES string of the molecule is CCCC(CC)CCC/C(C)=C\CC1CC1. The van der Waals surface area contributed by atoms with Crippen molar-refractivity contribution in [3.63, 3.8) is 0 Å². The van der Waals surface area contributed by atoms with Crippen molar-refractivity contribution in [3.05, 3.63) is 11.6 Å². The van der Waals surface area contributed by atoms with Gasteiger partial charge in [-0.15, -0.1) is 0 Å². The highest BCUT2D eigenvalue weighted by atomic mass is 14.2. The lowest BCUT2D eigenvalue weighted by atomic mass is 9.93. The number of hydrogen-bond acceptors (Lipinski definition) is 0. The van der Waals surface area contributed by atoms with Gasteiger partial charge in [-0.3, -0.25) is 0 Å². The third-order valence-electron chi connectivity index (χ3n) is 3.95. The molecule has 1 atom stereocenters. The Morgan fingerprint density at radius 2 is 2.00 bits per heavy atom. The van der Waals surface area contributed by atoms with E-state index in [9.17, 15) is 0 Å². The normalized spacial score (nSPS) is 18.8. The summed E-state index contributed by atoms with van der Waals surface area (Å²) in [7, 11) is 0. The van der Waals surface area contributed by atoms with E-state index < -0.39 is 0 Å². The zero-order chi connectivity index (χ0) is 11.8. The van der Waals surface area contributed by atoms with E-state index in [1.807, 2.05) is 0 Å². The molecule has 1 aliphatic carbocycles. The zero-order valence-electron chi connectivity index (χ0n) is 11.6. The van der Waals surface area contributed by atoms with E-state index in [1.165, 1.54) is 57.8 Å². The summed E-state index contributed by atoms with van der Waals surface area (Å²) in [6.07, 6.45) is 15.2. The van der Waals surface area contributed by atoms with Crippen molar-refractivity contribution in [1.82, 2.24) is 0 Å². The van der Waals surface area contributed by atoms with Crippen LogP contribution in [0.2, 0.25) is 0 Å². The minimum Gasteiger partial charge on any atom is -0.0853 e. The highest BCUT2D eigenvalue weighted by Crippen LogP contribution is 2.33. The minimum absolute atomic E-state index is 0.987. The lowest BCUT2D eigenvalue weighted by Gasteiger charge is -2.13. The van der Waals surface area contributed by atoms with E-state index in [4.69, 9.17) is 0 Å². The van der Waals surface area contributed by atoms with Gasteiger partial charge in [-0.1, -0.05) is 51.2 Å². The maximum Gasteiger partial charge on any atom is -0.0320 e. The van der Waals surface area contributed by atoms with Crippen molar-refractivity contribution in [3.8, 4) is 0 Å². The predicted octanol–water partition coefficient (Wildman–Crippen LogP) is 5.73. The fraction of sp³-hybridized carbons (Fsp3) is 0.875. The van der Waals surface area contributed by atoms with Gasteiger partial charge in [0.25, 0.3) is 0 Å². The van der Waals surface area contributed by atoms with Gasteiger partial charge in [0.2, 0.25) is 0 Å². The summed E-state index contributed by atoms with van der Waals surface area (Å²) >= 11 is 0. The molecule has 1 aliphatic rings. The highest BCUT2D eigenvalue weighted by Gasteiger charge is 2.19. The van der Waals surface area contributed by atoms with Gasteiger partial charge in [0.15, 0.2) is 0 Å². The predicted molar refractivity (Wildman–Crippen MR) is 73.6 cm³/mol. The van der Waals surface area contributed by atoms with Gasteiger partial charge in [0, 0.05) is 0 Å². The second-order valence-electron chi connectivity index (χ2n) is 5.68. The Hall–Kier alpha value is -0.260. The third kappa shape index (κ3) is 6.35. The molecule has 1 saturated carbocycles. The van der Waals surface area contributed by atoms with Crippen LogP contribution in [0.1, 0.15) is 78.6 Å². The van der Waals surface area contributed by atoms with E-state index in [0.29, 0.717) is 0 Å². The Kier molecular flexibility index (Phi) is 6.84. The summed E-state index contributed by atoms with van der Waals surface area (Å²) in [5.41, 5.74) is 1.64. The summed E-state index contributed by atoms with van der Waals surface area (Å²) in [5, 5.41) is 0. The van der Waals surface area contributed by atoms with Gasteiger partial charge in [-0.25, -0.2) is 0 Å². The zero-order valence-corrected chi connectivity index (χ0v) is 11.6. The van der Waals surface area contributed by atoms with E-state index in [-0.39, 0.29) is 0 Å². The topological polar surface area (TPSA) is 0 Å². The smallest absolute Gasteiger partial charge is 0.0320 e. The van der Waals surface area contributed by atoms with Gasteiger partial charge >= 0.3 is 0 Å². The molecule has 0 aliphatic heterocycles.